The summed E-state index contributed by atoms with van der Waals surface area (Å²) in [5.41, 5.74) is 2.44. The van der Waals surface area contributed by atoms with E-state index in [0.717, 1.165) is 11.1 Å². The van der Waals surface area contributed by atoms with Crippen molar-refractivity contribution in [2.45, 2.75) is 13.5 Å². The number of pyridine rings is 1. The van der Waals surface area contributed by atoms with Gasteiger partial charge in [-0.25, -0.2) is 0 Å². The molecule has 0 saturated heterocycles. The average Bonchev–Trinajstić information content (AvgIpc) is 2.56. The van der Waals surface area contributed by atoms with E-state index < -0.39 is 5.91 Å². The van der Waals surface area contributed by atoms with E-state index in [1.807, 2.05) is 25.1 Å². The van der Waals surface area contributed by atoms with Crippen molar-refractivity contribution in [1.82, 2.24) is 10.3 Å². The second kappa shape index (κ2) is 7.97. The summed E-state index contributed by atoms with van der Waals surface area (Å²) >= 11 is 6.01. The highest BCUT2D eigenvalue weighted by atomic mass is 35.5. The molecule has 0 fully saturated rings. The van der Waals surface area contributed by atoms with E-state index in [0.29, 0.717) is 17.3 Å². The third-order valence-corrected chi connectivity index (χ3v) is 3.50. The van der Waals surface area contributed by atoms with Crippen LogP contribution in [0.15, 0.2) is 54.5 Å². The quantitative estimate of drug-likeness (QED) is 0.653. The largest absolute Gasteiger partial charge is 0.386 e. The molecule has 1 aromatic heterocycles. The van der Waals surface area contributed by atoms with Crippen LogP contribution in [0.5, 0.6) is 0 Å². The van der Waals surface area contributed by atoms with Gasteiger partial charge >= 0.3 is 0 Å². The molecule has 2 N–H and O–H groups in total. The fraction of sp³-hybridized carbons (Fsp3) is 0.118. The Morgan fingerprint density at radius 2 is 2.09 bits per heavy atom. The lowest BCUT2D eigenvalue weighted by Crippen LogP contribution is -2.16. The lowest BCUT2D eigenvalue weighted by molar-refractivity contribution is -0.112. The van der Waals surface area contributed by atoms with Gasteiger partial charge in [0.05, 0.1) is 0 Å². The summed E-state index contributed by atoms with van der Waals surface area (Å²) in [6, 6.07) is 10.8. The molecule has 0 aliphatic heterocycles. The second-order valence-electron chi connectivity index (χ2n) is 4.82. The molecule has 5 nitrogen and oxygen atoms in total. The standard InChI is InChI=1S/C17H15ClN4O/c1-12-2-3-15(8-16(12)18)22-17(23)14(9-19)11-21-10-13-4-6-20-7-5-13/h2-8,11,21H,10H2,1H3,(H,22,23)/b14-11-. The number of hydrogen-bond donors (Lipinski definition) is 2. The first-order chi connectivity index (χ1) is 11.1. The van der Waals surface area contributed by atoms with E-state index >= 15 is 0 Å². The zero-order valence-electron chi connectivity index (χ0n) is 12.5. The van der Waals surface area contributed by atoms with Crippen LogP contribution in [0.1, 0.15) is 11.1 Å². The number of nitriles is 1. The van der Waals surface area contributed by atoms with E-state index in [-0.39, 0.29) is 5.57 Å². The molecular formula is C17H15ClN4O. The lowest BCUT2D eigenvalue weighted by atomic mass is 10.2. The predicted octanol–water partition coefficient (Wildman–Crippen LogP) is 3.18. The van der Waals surface area contributed by atoms with Crippen LogP contribution in [0.3, 0.4) is 0 Å². The summed E-state index contributed by atoms with van der Waals surface area (Å²) in [6.45, 7) is 2.37. The number of aryl methyl sites for hydroxylation is 1. The van der Waals surface area contributed by atoms with Gasteiger partial charge in [0.25, 0.3) is 5.91 Å². The summed E-state index contributed by atoms with van der Waals surface area (Å²) in [6.07, 6.45) is 4.76. The fourth-order valence-corrected chi connectivity index (χ4v) is 1.97. The molecule has 23 heavy (non-hydrogen) atoms. The number of rotatable bonds is 5. The third kappa shape index (κ3) is 4.83. The molecular weight excluding hydrogens is 312 g/mol. The van der Waals surface area contributed by atoms with Gasteiger partial charge in [-0.15, -0.1) is 0 Å². The molecule has 0 aliphatic rings. The number of hydrogen-bond acceptors (Lipinski definition) is 4. The van der Waals surface area contributed by atoms with Crippen molar-refractivity contribution in [3.63, 3.8) is 0 Å². The molecule has 6 heteroatoms. The van der Waals surface area contributed by atoms with Gasteiger partial charge in [-0.1, -0.05) is 17.7 Å². The van der Waals surface area contributed by atoms with Crippen molar-refractivity contribution in [2.24, 2.45) is 0 Å². The average molecular weight is 327 g/mol. The number of halogens is 1. The Balaban J connectivity index is 1.99. The highest BCUT2D eigenvalue weighted by Gasteiger charge is 2.09. The van der Waals surface area contributed by atoms with Crippen LogP contribution in [0.25, 0.3) is 0 Å². The van der Waals surface area contributed by atoms with Crippen LogP contribution in [-0.4, -0.2) is 10.9 Å². The molecule has 0 radical (unpaired) electrons. The Morgan fingerprint density at radius 3 is 2.74 bits per heavy atom. The van der Waals surface area contributed by atoms with E-state index in [1.165, 1.54) is 6.20 Å². The van der Waals surface area contributed by atoms with Gasteiger partial charge in [-0.2, -0.15) is 5.26 Å². The maximum Gasteiger partial charge on any atom is 0.267 e. The van der Waals surface area contributed by atoms with Crippen molar-refractivity contribution in [2.75, 3.05) is 5.32 Å². The van der Waals surface area contributed by atoms with Crippen molar-refractivity contribution in [1.29, 1.82) is 5.26 Å². The number of benzene rings is 1. The molecule has 0 atom stereocenters. The molecule has 1 heterocycles. The van der Waals surface area contributed by atoms with Crippen LogP contribution in [-0.2, 0) is 11.3 Å². The Kier molecular flexibility index (Phi) is 5.73. The van der Waals surface area contributed by atoms with E-state index in [4.69, 9.17) is 16.9 Å². The highest BCUT2D eigenvalue weighted by Crippen LogP contribution is 2.20. The van der Waals surface area contributed by atoms with Crippen molar-refractivity contribution in [3.8, 4) is 6.07 Å². The smallest absolute Gasteiger partial charge is 0.267 e. The monoisotopic (exact) mass is 326 g/mol. The maximum absolute atomic E-state index is 12.1. The maximum atomic E-state index is 12.1. The van der Waals surface area contributed by atoms with E-state index in [2.05, 4.69) is 15.6 Å². The Bertz CT molecular complexity index is 766. The van der Waals surface area contributed by atoms with Crippen LogP contribution < -0.4 is 10.6 Å². The first-order valence-electron chi connectivity index (χ1n) is 6.90. The first-order valence-corrected chi connectivity index (χ1v) is 7.28. The normalized spacial score (nSPS) is 10.7. The number of anilines is 1. The molecule has 0 saturated carbocycles. The summed E-state index contributed by atoms with van der Waals surface area (Å²) in [7, 11) is 0. The SMILES string of the molecule is Cc1ccc(NC(=O)/C(C#N)=C\NCc2ccncc2)cc1Cl. The van der Waals surface area contributed by atoms with Gasteiger partial charge in [0, 0.05) is 35.8 Å². The molecule has 1 amide bonds. The molecule has 2 rings (SSSR count). The topological polar surface area (TPSA) is 77.8 Å². The lowest BCUT2D eigenvalue weighted by Gasteiger charge is -2.07. The number of amides is 1. The minimum atomic E-state index is -0.491. The third-order valence-electron chi connectivity index (χ3n) is 3.10. The molecule has 0 unspecified atom stereocenters. The zero-order valence-corrected chi connectivity index (χ0v) is 13.3. The second-order valence-corrected chi connectivity index (χ2v) is 5.23. The minimum Gasteiger partial charge on any atom is -0.386 e. The van der Waals surface area contributed by atoms with Crippen LogP contribution in [0, 0.1) is 18.3 Å². The molecule has 116 valence electrons. The highest BCUT2D eigenvalue weighted by molar-refractivity contribution is 6.31. The van der Waals surface area contributed by atoms with Crippen LogP contribution >= 0.6 is 11.6 Å². The number of nitrogens with one attached hydrogen (secondary N) is 2. The zero-order chi connectivity index (χ0) is 16.7. The number of aromatic nitrogens is 1. The Hall–Kier alpha value is -2.84. The fourth-order valence-electron chi connectivity index (χ4n) is 1.79. The molecule has 1 aromatic carbocycles. The van der Waals surface area contributed by atoms with Gasteiger partial charge in [0.15, 0.2) is 0 Å². The van der Waals surface area contributed by atoms with Gasteiger partial charge in [0.1, 0.15) is 11.6 Å². The predicted molar refractivity (Wildman–Crippen MR) is 89.6 cm³/mol. The van der Waals surface area contributed by atoms with Gasteiger partial charge in [-0.05, 0) is 42.3 Å². The van der Waals surface area contributed by atoms with Crippen LogP contribution in [0.4, 0.5) is 5.69 Å². The number of carbonyl (C=O) groups is 1. The van der Waals surface area contributed by atoms with Crippen molar-refractivity contribution >= 4 is 23.2 Å². The van der Waals surface area contributed by atoms with Gasteiger partial charge < -0.3 is 10.6 Å². The van der Waals surface area contributed by atoms with Gasteiger partial charge in [-0.3, -0.25) is 9.78 Å². The van der Waals surface area contributed by atoms with Crippen molar-refractivity contribution in [3.05, 3.63) is 70.6 Å². The summed E-state index contributed by atoms with van der Waals surface area (Å²) in [4.78, 5) is 16.0. The van der Waals surface area contributed by atoms with Crippen LogP contribution in [0.2, 0.25) is 5.02 Å². The summed E-state index contributed by atoms with van der Waals surface area (Å²) < 4.78 is 0. The van der Waals surface area contributed by atoms with E-state index in [9.17, 15) is 4.79 Å². The summed E-state index contributed by atoms with van der Waals surface area (Å²) in [5.74, 6) is -0.491. The number of nitrogens with zero attached hydrogens (tertiary/aromatic N) is 2. The van der Waals surface area contributed by atoms with Gasteiger partial charge in [0.2, 0.25) is 0 Å². The molecule has 2 aromatic rings. The molecule has 0 aliphatic carbocycles. The Labute approximate surface area is 139 Å². The Morgan fingerprint density at radius 1 is 1.35 bits per heavy atom. The minimum absolute atomic E-state index is 0.0178. The summed E-state index contributed by atoms with van der Waals surface area (Å²) in [5, 5.41) is 15.3. The first kappa shape index (κ1) is 16.5. The molecule has 0 spiro atoms. The van der Waals surface area contributed by atoms with E-state index in [1.54, 1.807) is 30.6 Å². The van der Waals surface area contributed by atoms with Crippen molar-refractivity contribution < 1.29 is 4.79 Å². The molecule has 0 bridgehead atoms. The number of carbonyl (C=O) groups excluding carboxylic acids is 1.